The fraction of sp³-hybridized carbons (Fsp3) is 0.400. The second kappa shape index (κ2) is 10.2. The highest BCUT2D eigenvalue weighted by molar-refractivity contribution is 5.85. The highest BCUT2D eigenvalue weighted by Gasteiger charge is 2.38. The number of esters is 1. The van der Waals surface area contributed by atoms with Gasteiger partial charge in [0, 0.05) is 24.8 Å². The number of amides is 2. The molecule has 2 atom stereocenters. The number of aryl methyl sites for hydroxylation is 1. The van der Waals surface area contributed by atoms with Crippen molar-refractivity contribution in [3.63, 3.8) is 0 Å². The Morgan fingerprint density at radius 2 is 1.81 bits per heavy atom. The van der Waals surface area contributed by atoms with Crippen molar-refractivity contribution < 1.29 is 19.1 Å². The summed E-state index contributed by atoms with van der Waals surface area (Å²) in [5.74, 6) is -0.680. The monoisotopic (exact) mass is 422 g/mol. The standard InChI is InChI=1S/C25H30N2O4/c1-18-8-10-20(11-9-18)17-25(15-13-23(29)27-25)14-12-22(28)26-21(24(30)31-2)16-19-6-4-3-5-7-19/h3-11,21H,12-17H2,1-2H3,(H,26,28)(H,27,29)/t21-,25+/m0/s1. The van der Waals surface area contributed by atoms with Crippen molar-refractivity contribution in [2.24, 2.45) is 0 Å². The fourth-order valence-corrected chi connectivity index (χ4v) is 4.08. The van der Waals surface area contributed by atoms with Crippen LogP contribution in [0, 0.1) is 6.92 Å². The van der Waals surface area contributed by atoms with Gasteiger partial charge in [-0.15, -0.1) is 0 Å². The molecule has 0 radical (unpaired) electrons. The number of hydrogen-bond donors (Lipinski definition) is 2. The number of ether oxygens (including phenoxy) is 1. The summed E-state index contributed by atoms with van der Waals surface area (Å²) in [5, 5.41) is 5.92. The summed E-state index contributed by atoms with van der Waals surface area (Å²) in [7, 11) is 1.32. The van der Waals surface area contributed by atoms with E-state index in [2.05, 4.69) is 34.9 Å². The zero-order valence-corrected chi connectivity index (χ0v) is 18.1. The van der Waals surface area contributed by atoms with Gasteiger partial charge in [0.25, 0.3) is 0 Å². The summed E-state index contributed by atoms with van der Waals surface area (Å²) < 4.78 is 4.88. The fourth-order valence-electron chi connectivity index (χ4n) is 4.08. The first-order valence-corrected chi connectivity index (χ1v) is 10.7. The highest BCUT2D eigenvalue weighted by Crippen LogP contribution is 2.29. The van der Waals surface area contributed by atoms with E-state index in [0.717, 1.165) is 11.1 Å². The summed E-state index contributed by atoms with van der Waals surface area (Å²) in [4.78, 5) is 36.9. The Hall–Kier alpha value is -3.15. The summed E-state index contributed by atoms with van der Waals surface area (Å²) in [6, 6.07) is 17.0. The Morgan fingerprint density at radius 3 is 2.42 bits per heavy atom. The smallest absolute Gasteiger partial charge is 0.328 e. The SMILES string of the molecule is COC(=O)[C@H](Cc1ccccc1)NC(=O)CC[C@]1(Cc2ccc(C)cc2)CCC(=O)N1. The molecule has 2 amide bonds. The minimum absolute atomic E-state index is 0.0176. The molecule has 0 unspecified atom stereocenters. The van der Waals surface area contributed by atoms with Crippen LogP contribution in [0.15, 0.2) is 54.6 Å². The Labute approximate surface area is 183 Å². The average Bonchev–Trinajstić information content (AvgIpc) is 3.14. The van der Waals surface area contributed by atoms with Crippen LogP contribution in [0.5, 0.6) is 0 Å². The van der Waals surface area contributed by atoms with Crippen LogP contribution in [0.2, 0.25) is 0 Å². The van der Waals surface area contributed by atoms with E-state index in [1.54, 1.807) is 0 Å². The predicted octanol–water partition coefficient (Wildman–Crippen LogP) is 2.87. The maximum absolute atomic E-state index is 12.7. The third-order valence-electron chi connectivity index (χ3n) is 5.83. The lowest BCUT2D eigenvalue weighted by atomic mass is 9.84. The molecule has 6 heteroatoms. The van der Waals surface area contributed by atoms with E-state index in [9.17, 15) is 14.4 Å². The van der Waals surface area contributed by atoms with Gasteiger partial charge in [0.15, 0.2) is 0 Å². The summed E-state index contributed by atoms with van der Waals surface area (Å²) in [5.41, 5.74) is 2.81. The molecular weight excluding hydrogens is 392 g/mol. The third kappa shape index (κ3) is 6.41. The molecule has 2 aromatic rings. The molecule has 1 fully saturated rings. The maximum atomic E-state index is 12.7. The van der Waals surface area contributed by atoms with Gasteiger partial charge in [0.05, 0.1) is 7.11 Å². The average molecular weight is 423 g/mol. The van der Waals surface area contributed by atoms with Crippen molar-refractivity contribution in [3.05, 3.63) is 71.3 Å². The highest BCUT2D eigenvalue weighted by atomic mass is 16.5. The van der Waals surface area contributed by atoms with Crippen LogP contribution < -0.4 is 10.6 Å². The van der Waals surface area contributed by atoms with Crippen molar-refractivity contribution >= 4 is 17.8 Å². The van der Waals surface area contributed by atoms with Gasteiger partial charge in [-0.1, -0.05) is 60.2 Å². The lowest BCUT2D eigenvalue weighted by Crippen LogP contribution is -2.46. The van der Waals surface area contributed by atoms with Gasteiger partial charge in [-0.2, -0.15) is 0 Å². The number of benzene rings is 2. The van der Waals surface area contributed by atoms with E-state index in [1.807, 2.05) is 37.3 Å². The summed E-state index contributed by atoms with van der Waals surface area (Å²) in [6.45, 7) is 2.04. The zero-order chi connectivity index (χ0) is 22.3. The lowest BCUT2D eigenvalue weighted by Gasteiger charge is -2.29. The van der Waals surface area contributed by atoms with Crippen LogP contribution in [0.3, 0.4) is 0 Å². The molecule has 31 heavy (non-hydrogen) atoms. The normalized spacial score (nSPS) is 18.8. The van der Waals surface area contributed by atoms with Gasteiger partial charge in [-0.3, -0.25) is 9.59 Å². The first-order chi connectivity index (χ1) is 14.9. The van der Waals surface area contributed by atoms with Gasteiger partial charge < -0.3 is 15.4 Å². The largest absolute Gasteiger partial charge is 0.467 e. The number of hydrogen-bond acceptors (Lipinski definition) is 4. The number of methoxy groups -OCH3 is 1. The summed E-state index contributed by atoms with van der Waals surface area (Å²) in [6.07, 6.45) is 2.93. The van der Waals surface area contributed by atoms with Gasteiger partial charge in [-0.05, 0) is 37.3 Å². The van der Waals surface area contributed by atoms with E-state index in [1.165, 1.54) is 12.7 Å². The Kier molecular flexibility index (Phi) is 7.45. The molecule has 0 bridgehead atoms. The second-order valence-corrected chi connectivity index (χ2v) is 8.32. The van der Waals surface area contributed by atoms with E-state index in [0.29, 0.717) is 32.1 Å². The molecule has 1 saturated heterocycles. The molecule has 6 nitrogen and oxygen atoms in total. The minimum Gasteiger partial charge on any atom is -0.467 e. The van der Waals surface area contributed by atoms with Gasteiger partial charge in [0.1, 0.15) is 6.04 Å². The van der Waals surface area contributed by atoms with Gasteiger partial charge in [-0.25, -0.2) is 4.79 Å². The van der Waals surface area contributed by atoms with Crippen LogP contribution >= 0.6 is 0 Å². The van der Waals surface area contributed by atoms with Crippen LogP contribution in [0.4, 0.5) is 0 Å². The predicted molar refractivity (Wildman–Crippen MR) is 118 cm³/mol. The number of carbonyl (C=O) groups is 3. The van der Waals surface area contributed by atoms with Crippen molar-refractivity contribution in [3.8, 4) is 0 Å². The van der Waals surface area contributed by atoms with Crippen LogP contribution in [-0.4, -0.2) is 36.5 Å². The number of nitrogens with one attached hydrogen (secondary N) is 2. The number of carbonyl (C=O) groups excluding carboxylic acids is 3. The van der Waals surface area contributed by atoms with Crippen molar-refractivity contribution in [1.82, 2.24) is 10.6 Å². The lowest BCUT2D eigenvalue weighted by molar-refractivity contribution is -0.145. The minimum atomic E-state index is -0.744. The molecule has 0 aromatic heterocycles. The Morgan fingerprint density at radius 1 is 1.10 bits per heavy atom. The van der Waals surface area contributed by atoms with E-state index in [-0.39, 0.29) is 18.2 Å². The molecule has 1 heterocycles. The maximum Gasteiger partial charge on any atom is 0.328 e. The van der Waals surface area contributed by atoms with E-state index >= 15 is 0 Å². The molecule has 1 aliphatic heterocycles. The molecule has 164 valence electrons. The van der Waals surface area contributed by atoms with Crippen molar-refractivity contribution in [2.45, 2.75) is 57.0 Å². The molecule has 0 spiro atoms. The zero-order valence-electron chi connectivity index (χ0n) is 18.1. The molecule has 0 aliphatic carbocycles. The summed E-state index contributed by atoms with van der Waals surface area (Å²) >= 11 is 0. The Balaban J connectivity index is 1.63. The van der Waals surface area contributed by atoms with Crippen LogP contribution in [0.1, 0.15) is 42.4 Å². The quantitative estimate of drug-likeness (QED) is 0.609. The van der Waals surface area contributed by atoms with Crippen LogP contribution in [-0.2, 0) is 32.0 Å². The molecule has 3 rings (SSSR count). The molecule has 2 N–H and O–H groups in total. The van der Waals surface area contributed by atoms with Crippen molar-refractivity contribution in [2.75, 3.05) is 7.11 Å². The number of rotatable bonds is 9. The first-order valence-electron chi connectivity index (χ1n) is 10.7. The first kappa shape index (κ1) is 22.5. The molecular formula is C25H30N2O4. The molecule has 2 aromatic carbocycles. The van der Waals surface area contributed by atoms with Crippen LogP contribution in [0.25, 0.3) is 0 Å². The van der Waals surface area contributed by atoms with E-state index < -0.39 is 17.6 Å². The Bertz CT molecular complexity index is 911. The third-order valence-corrected chi connectivity index (χ3v) is 5.83. The van der Waals surface area contributed by atoms with Gasteiger partial charge in [0.2, 0.25) is 11.8 Å². The topological polar surface area (TPSA) is 84.5 Å². The van der Waals surface area contributed by atoms with Gasteiger partial charge >= 0.3 is 5.97 Å². The van der Waals surface area contributed by atoms with Crippen molar-refractivity contribution in [1.29, 1.82) is 0 Å². The second-order valence-electron chi connectivity index (χ2n) is 8.32. The molecule has 0 saturated carbocycles. The van der Waals surface area contributed by atoms with E-state index in [4.69, 9.17) is 4.74 Å². The molecule has 1 aliphatic rings.